The molecule has 1 aliphatic heterocycles. The third-order valence-corrected chi connectivity index (χ3v) is 4.27. The van der Waals surface area contributed by atoms with Gasteiger partial charge in [-0.3, -0.25) is 0 Å². The standard InChI is InChI=1S/C11H14BrNOS/c1-2-13-10(9-4-3-6-14-9)11-8(12)5-7-15-11/h4-5,7,10,13H,2-3,6H2,1H3. The van der Waals surface area contributed by atoms with Crippen LogP contribution in [0.2, 0.25) is 0 Å². The molecule has 0 saturated carbocycles. The van der Waals surface area contributed by atoms with Crippen LogP contribution in [0.15, 0.2) is 27.8 Å². The van der Waals surface area contributed by atoms with Gasteiger partial charge in [0.05, 0.1) is 6.61 Å². The van der Waals surface area contributed by atoms with Crippen LogP contribution in [-0.4, -0.2) is 13.2 Å². The van der Waals surface area contributed by atoms with E-state index in [1.165, 1.54) is 4.88 Å². The van der Waals surface area contributed by atoms with E-state index in [0.717, 1.165) is 29.8 Å². The predicted octanol–water partition coefficient (Wildman–Crippen LogP) is 3.47. The molecular formula is C11H14BrNOS. The molecule has 1 atom stereocenters. The summed E-state index contributed by atoms with van der Waals surface area (Å²) >= 11 is 5.33. The Morgan fingerprint density at radius 3 is 3.07 bits per heavy atom. The van der Waals surface area contributed by atoms with Crippen molar-refractivity contribution < 1.29 is 4.74 Å². The highest BCUT2D eigenvalue weighted by molar-refractivity contribution is 9.10. The van der Waals surface area contributed by atoms with E-state index < -0.39 is 0 Å². The molecule has 1 aliphatic rings. The van der Waals surface area contributed by atoms with Crippen LogP contribution < -0.4 is 5.32 Å². The average Bonchev–Trinajstić information content (AvgIpc) is 2.85. The second-order valence-corrected chi connectivity index (χ2v) is 5.17. The number of hydrogen-bond donors (Lipinski definition) is 1. The van der Waals surface area contributed by atoms with Crippen molar-refractivity contribution >= 4 is 27.3 Å². The molecule has 1 unspecified atom stereocenters. The summed E-state index contributed by atoms with van der Waals surface area (Å²) in [6, 6.07) is 2.30. The zero-order valence-electron chi connectivity index (χ0n) is 8.63. The molecule has 82 valence electrons. The normalized spacial score (nSPS) is 17.3. The number of halogens is 1. The van der Waals surface area contributed by atoms with E-state index in [0.29, 0.717) is 0 Å². The molecule has 2 rings (SSSR count). The fourth-order valence-electron chi connectivity index (χ4n) is 1.68. The molecule has 1 aromatic heterocycles. The van der Waals surface area contributed by atoms with Crippen molar-refractivity contribution in [3.8, 4) is 0 Å². The molecule has 0 aromatic carbocycles. The van der Waals surface area contributed by atoms with Gasteiger partial charge in [-0.15, -0.1) is 11.3 Å². The van der Waals surface area contributed by atoms with E-state index in [-0.39, 0.29) is 6.04 Å². The molecule has 2 heterocycles. The highest BCUT2D eigenvalue weighted by atomic mass is 79.9. The van der Waals surface area contributed by atoms with Gasteiger partial charge >= 0.3 is 0 Å². The van der Waals surface area contributed by atoms with Crippen LogP contribution in [0.25, 0.3) is 0 Å². The lowest BCUT2D eigenvalue weighted by molar-refractivity contribution is 0.216. The minimum Gasteiger partial charge on any atom is -0.496 e. The summed E-state index contributed by atoms with van der Waals surface area (Å²) < 4.78 is 6.79. The van der Waals surface area contributed by atoms with Crippen molar-refractivity contribution in [2.45, 2.75) is 19.4 Å². The summed E-state index contributed by atoms with van der Waals surface area (Å²) in [5, 5.41) is 5.55. The fraction of sp³-hybridized carbons (Fsp3) is 0.455. The van der Waals surface area contributed by atoms with Gasteiger partial charge in [0.1, 0.15) is 11.8 Å². The first kappa shape index (κ1) is 11.2. The molecule has 1 N–H and O–H groups in total. The number of thiophene rings is 1. The first-order chi connectivity index (χ1) is 7.33. The van der Waals surface area contributed by atoms with E-state index >= 15 is 0 Å². The Labute approximate surface area is 102 Å². The van der Waals surface area contributed by atoms with Crippen molar-refractivity contribution in [2.24, 2.45) is 0 Å². The quantitative estimate of drug-likeness (QED) is 0.916. The Morgan fingerprint density at radius 2 is 2.53 bits per heavy atom. The lowest BCUT2D eigenvalue weighted by Crippen LogP contribution is -2.22. The summed E-state index contributed by atoms with van der Waals surface area (Å²) in [4.78, 5) is 1.30. The molecule has 0 fully saturated rings. The van der Waals surface area contributed by atoms with Gasteiger partial charge in [-0.05, 0) is 40.0 Å². The van der Waals surface area contributed by atoms with Crippen LogP contribution in [0, 0.1) is 0 Å². The SMILES string of the molecule is CCNC(C1=CCCO1)c1sccc1Br. The molecule has 0 spiro atoms. The number of rotatable bonds is 4. The largest absolute Gasteiger partial charge is 0.496 e. The van der Waals surface area contributed by atoms with Gasteiger partial charge in [0.25, 0.3) is 0 Å². The van der Waals surface area contributed by atoms with Crippen molar-refractivity contribution in [1.29, 1.82) is 0 Å². The van der Waals surface area contributed by atoms with Crippen molar-refractivity contribution in [1.82, 2.24) is 5.32 Å². The number of ether oxygens (including phenoxy) is 1. The predicted molar refractivity (Wildman–Crippen MR) is 67.1 cm³/mol. The molecular weight excluding hydrogens is 274 g/mol. The molecule has 0 aliphatic carbocycles. The van der Waals surface area contributed by atoms with Gasteiger partial charge in [0, 0.05) is 15.8 Å². The molecule has 2 nitrogen and oxygen atoms in total. The Kier molecular flexibility index (Phi) is 3.83. The van der Waals surface area contributed by atoms with Gasteiger partial charge in [0.2, 0.25) is 0 Å². The molecule has 0 radical (unpaired) electrons. The van der Waals surface area contributed by atoms with E-state index in [9.17, 15) is 0 Å². The maximum Gasteiger partial charge on any atom is 0.114 e. The topological polar surface area (TPSA) is 21.3 Å². The van der Waals surface area contributed by atoms with Gasteiger partial charge < -0.3 is 10.1 Å². The number of hydrogen-bond acceptors (Lipinski definition) is 3. The van der Waals surface area contributed by atoms with Crippen molar-refractivity contribution in [3.05, 3.63) is 32.6 Å². The molecule has 0 saturated heterocycles. The average molecular weight is 288 g/mol. The fourth-order valence-corrected chi connectivity index (χ4v) is 3.36. The number of nitrogens with one attached hydrogen (secondary N) is 1. The Morgan fingerprint density at radius 1 is 1.67 bits per heavy atom. The van der Waals surface area contributed by atoms with Gasteiger partial charge in [0.15, 0.2) is 0 Å². The monoisotopic (exact) mass is 287 g/mol. The zero-order chi connectivity index (χ0) is 10.7. The van der Waals surface area contributed by atoms with E-state index in [4.69, 9.17) is 4.74 Å². The first-order valence-electron chi connectivity index (χ1n) is 5.12. The van der Waals surface area contributed by atoms with E-state index in [1.54, 1.807) is 11.3 Å². The maximum atomic E-state index is 5.63. The van der Waals surface area contributed by atoms with Gasteiger partial charge in [-0.2, -0.15) is 0 Å². The third kappa shape index (κ3) is 2.44. The van der Waals surface area contributed by atoms with Crippen LogP contribution in [0.3, 0.4) is 0 Å². The van der Waals surface area contributed by atoms with E-state index in [2.05, 4.69) is 45.7 Å². The zero-order valence-corrected chi connectivity index (χ0v) is 11.0. The summed E-state index contributed by atoms with van der Waals surface area (Å²) in [5.41, 5.74) is 0. The number of likely N-dealkylation sites (N-methyl/N-ethyl adjacent to an activating group) is 1. The second kappa shape index (κ2) is 5.14. The summed E-state index contributed by atoms with van der Waals surface area (Å²) in [7, 11) is 0. The summed E-state index contributed by atoms with van der Waals surface area (Å²) in [6.45, 7) is 3.87. The summed E-state index contributed by atoms with van der Waals surface area (Å²) in [6.07, 6.45) is 3.21. The minimum atomic E-state index is 0.215. The highest BCUT2D eigenvalue weighted by Gasteiger charge is 2.22. The van der Waals surface area contributed by atoms with Crippen molar-refractivity contribution in [3.63, 3.8) is 0 Å². The minimum absolute atomic E-state index is 0.215. The molecule has 15 heavy (non-hydrogen) atoms. The Balaban J connectivity index is 2.23. The van der Waals surface area contributed by atoms with Crippen LogP contribution in [-0.2, 0) is 4.74 Å². The molecule has 0 amide bonds. The maximum absolute atomic E-state index is 5.63. The lowest BCUT2D eigenvalue weighted by Gasteiger charge is -2.18. The molecule has 0 bridgehead atoms. The van der Waals surface area contributed by atoms with Crippen molar-refractivity contribution in [2.75, 3.05) is 13.2 Å². The van der Waals surface area contributed by atoms with Gasteiger partial charge in [-0.25, -0.2) is 0 Å². The summed E-state index contributed by atoms with van der Waals surface area (Å²) in [5.74, 6) is 1.07. The highest BCUT2D eigenvalue weighted by Crippen LogP contribution is 2.35. The van der Waals surface area contributed by atoms with E-state index in [1.807, 2.05) is 0 Å². The third-order valence-electron chi connectivity index (χ3n) is 2.33. The second-order valence-electron chi connectivity index (χ2n) is 3.37. The Hall–Kier alpha value is -0.320. The van der Waals surface area contributed by atoms with Crippen LogP contribution in [0.4, 0.5) is 0 Å². The smallest absolute Gasteiger partial charge is 0.114 e. The first-order valence-corrected chi connectivity index (χ1v) is 6.79. The van der Waals surface area contributed by atoms with Crippen LogP contribution >= 0.6 is 27.3 Å². The van der Waals surface area contributed by atoms with Crippen LogP contribution in [0.5, 0.6) is 0 Å². The van der Waals surface area contributed by atoms with Gasteiger partial charge in [-0.1, -0.05) is 6.92 Å². The molecule has 4 heteroatoms. The Bertz CT molecular complexity index is 361. The molecule has 1 aromatic rings. The lowest BCUT2D eigenvalue weighted by atomic mass is 10.2. The van der Waals surface area contributed by atoms with Crippen LogP contribution in [0.1, 0.15) is 24.3 Å².